The number of hydrogen-bond donors (Lipinski definition) is 1. The summed E-state index contributed by atoms with van der Waals surface area (Å²) in [7, 11) is 1.73. The van der Waals surface area contributed by atoms with Crippen molar-refractivity contribution in [3.05, 3.63) is 52.9 Å². The highest BCUT2D eigenvalue weighted by Crippen LogP contribution is 2.19. The third-order valence-electron chi connectivity index (χ3n) is 2.31. The van der Waals surface area contributed by atoms with Gasteiger partial charge in [-0.1, -0.05) is 12.1 Å². The van der Waals surface area contributed by atoms with E-state index in [4.69, 9.17) is 5.73 Å². The second-order valence-electron chi connectivity index (χ2n) is 3.49. The van der Waals surface area contributed by atoms with Crippen LogP contribution in [0.3, 0.4) is 0 Å². The Kier molecular flexibility index (Phi) is 2.29. The number of nitrogens with two attached hydrogens (primary N) is 1. The van der Waals surface area contributed by atoms with Crippen LogP contribution in [0, 0.1) is 0 Å². The Morgan fingerprint density at radius 2 is 1.93 bits per heavy atom. The standard InChI is InChI=1S/C12H12N2O/c1-14-8-10(5-6-12(14)15)9-3-2-4-11(13)7-9/h2-8H,13H2,1H3. The topological polar surface area (TPSA) is 48.0 Å². The van der Waals surface area contributed by atoms with Crippen molar-refractivity contribution in [2.45, 2.75) is 0 Å². The summed E-state index contributed by atoms with van der Waals surface area (Å²) in [5.41, 5.74) is 8.42. The fraction of sp³-hybridized carbons (Fsp3) is 0.0833. The molecule has 1 aromatic carbocycles. The highest BCUT2D eigenvalue weighted by atomic mass is 16.1. The van der Waals surface area contributed by atoms with E-state index in [2.05, 4.69) is 0 Å². The van der Waals surface area contributed by atoms with Crippen molar-refractivity contribution in [3.8, 4) is 11.1 Å². The zero-order valence-corrected chi connectivity index (χ0v) is 8.47. The lowest BCUT2D eigenvalue weighted by atomic mass is 10.1. The molecule has 0 bridgehead atoms. The number of aryl methyl sites for hydroxylation is 1. The van der Waals surface area contributed by atoms with E-state index in [1.165, 1.54) is 0 Å². The van der Waals surface area contributed by atoms with Crippen LogP contribution in [-0.2, 0) is 7.05 Å². The number of pyridine rings is 1. The van der Waals surface area contributed by atoms with Gasteiger partial charge in [-0.15, -0.1) is 0 Å². The van der Waals surface area contributed by atoms with Gasteiger partial charge in [-0.3, -0.25) is 4.79 Å². The molecule has 0 aliphatic heterocycles. The zero-order valence-electron chi connectivity index (χ0n) is 8.47. The summed E-state index contributed by atoms with van der Waals surface area (Å²) >= 11 is 0. The molecular formula is C12H12N2O. The van der Waals surface area contributed by atoms with Crippen LogP contribution in [0.5, 0.6) is 0 Å². The third kappa shape index (κ3) is 1.91. The lowest BCUT2D eigenvalue weighted by Crippen LogP contribution is -2.13. The molecule has 0 saturated heterocycles. The molecule has 0 spiro atoms. The van der Waals surface area contributed by atoms with Gasteiger partial charge in [0.15, 0.2) is 0 Å². The van der Waals surface area contributed by atoms with Gasteiger partial charge in [0.25, 0.3) is 0 Å². The number of benzene rings is 1. The summed E-state index contributed by atoms with van der Waals surface area (Å²) in [5.74, 6) is 0. The monoisotopic (exact) mass is 200 g/mol. The van der Waals surface area contributed by atoms with Gasteiger partial charge in [0.05, 0.1) is 0 Å². The Morgan fingerprint density at radius 1 is 1.13 bits per heavy atom. The Labute approximate surface area is 87.8 Å². The molecule has 0 amide bonds. The van der Waals surface area contributed by atoms with Crippen molar-refractivity contribution in [2.24, 2.45) is 7.05 Å². The van der Waals surface area contributed by atoms with Gasteiger partial charge in [-0.25, -0.2) is 0 Å². The van der Waals surface area contributed by atoms with Crippen LogP contribution in [-0.4, -0.2) is 4.57 Å². The molecule has 0 atom stereocenters. The van der Waals surface area contributed by atoms with E-state index < -0.39 is 0 Å². The molecule has 0 fully saturated rings. The summed E-state index contributed by atoms with van der Waals surface area (Å²) < 4.78 is 1.55. The van der Waals surface area contributed by atoms with E-state index in [1.54, 1.807) is 29.9 Å². The quantitative estimate of drug-likeness (QED) is 0.711. The first-order valence-electron chi connectivity index (χ1n) is 4.69. The summed E-state index contributed by atoms with van der Waals surface area (Å²) in [6.07, 6.45) is 1.80. The molecule has 2 aromatic rings. The zero-order chi connectivity index (χ0) is 10.8. The molecule has 2 rings (SSSR count). The number of nitrogens with zero attached hydrogens (tertiary/aromatic N) is 1. The number of aromatic nitrogens is 1. The van der Waals surface area contributed by atoms with Gasteiger partial charge in [-0.05, 0) is 29.3 Å². The molecule has 0 unspecified atom stereocenters. The predicted molar refractivity (Wildman–Crippen MR) is 61.5 cm³/mol. The summed E-state index contributed by atoms with van der Waals surface area (Å²) in [5, 5.41) is 0. The third-order valence-corrected chi connectivity index (χ3v) is 2.31. The highest BCUT2D eigenvalue weighted by Gasteiger charge is 1.99. The SMILES string of the molecule is Cn1cc(-c2cccc(N)c2)ccc1=O. The first-order chi connectivity index (χ1) is 7.16. The maximum absolute atomic E-state index is 11.2. The van der Waals surface area contributed by atoms with Gasteiger partial charge in [0.2, 0.25) is 5.56 Å². The van der Waals surface area contributed by atoms with Crippen molar-refractivity contribution < 1.29 is 0 Å². The lowest BCUT2D eigenvalue weighted by molar-refractivity contribution is 0.862. The van der Waals surface area contributed by atoms with Crippen molar-refractivity contribution in [1.82, 2.24) is 4.57 Å². The van der Waals surface area contributed by atoms with Crippen LogP contribution in [0.2, 0.25) is 0 Å². The minimum atomic E-state index is -0.0114. The van der Waals surface area contributed by atoms with E-state index in [-0.39, 0.29) is 5.56 Å². The molecule has 76 valence electrons. The van der Waals surface area contributed by atoms with E-state index in [0.717, 1.165) is 16.8 Å². The van der Waals surface area contributed by atoms with Crippen molar-refractivity contribution in [1.29, 1.82) is 0 Å². The van der Waals surface area contributed by atoms with Crippen LogP contribution in [0.1, 0.15) is 0 Å². The lowest BCUT2D eigenvalue weighted by Gasteiger charge is -2.04. The second kappa shape index (κ2) is 3.61. The Hall–Kier alpha value is -2.03. The minimum Gasteiger partial charge on any atom is -0.399 e. The first-order valence-corrected chi connectivity index (χ1v) is 4.69. The molecule has 15 heavy (non-hydrogen) atoms. The maximum Gasteiger partial charge on any atom is 0.250 e. The molecule has 0 aliphatic rings. The predicted octanol–water partition coefficient (Wildman–Crippen LogP) is 1.63. The van der Waals surface area contributed by atoms with E-state index >= 15 is 0 Å². The fourth-order valence-corrected chi connectivity index (χ4v) is 1.48. The molecule has 0 aliphatic carbocycles. The average molecular weight is 200 g/mol. The summed E-state index contributed by atoms with van der Waals surface area (Å²) in [6.45, 7) is 0. The molecule has 0 radical (unpaired) electrons. The molecule has 1 heterocycles. The van der Waals surface area contributed by atoms with Crippen molar-refractivity contribution in [3.63, 3.8) is 0 Å². The fourth-order valence-electron chi connectivity index (χ4n) is 1.48. The van der Waals surface area contributed by atoms with Crippen LogP contribution in [0.4, 0.5) is 5.69 Å². The Balaban J connectivity index is 2.55. The summed E-state index contributed by atoms with van der Waals surface area (Å²) in [6, 6.07) is 11.0. The van der Waals surface area contributed by atoms with Gasteiger partial charge < -0.3 is 10.3 Å². The first kappa shape index (κ1) is 9.52. The molecule has 3 nitrogen and oxygen atoms in total. The smallest absolute Gasteiger partial charge is 0.250 e. The molecular weight excluding hydrogens is 188 g/mol. The molecule has 0 saturated carbocycles. The second-order valence-corrected chi connectivity index (χ2v) is 3.49. The number of rotatable bonds is 1. The number of anilines is 1. The number of hydrogen-bond acceptors (Lipinski definition) is 2. The molecule has 1 aromatic heterocycles. The average Bonchev–Trinajstić information content (AvgIpc) is 2.22. The number of nitrogen functional groups attached to an aromatic ring is 1. The van der Waals surface area contributed by atoms with E-state index in [9.17, 15) is 4.79 Å². The van der Waals surface area contributed by atoms with Crippen LogP contribution in [0.15, 0.2) is 47.4 Å². The molecule has 3 heteroatoms. The van der Waals surface area contributed by atoms with E-state index in [0.29, 0.717) is 0 Å². The molecule has 2 N–H and O–H groups in total. The van der Waals surface area contributed by atoms with Gasteiger partial charge in [0.1, 0.15) is 0 Å². The summed E-state index contributed by atoms with van der Waals surface area (Å²) in [4.78, 5) is 11.2. The largest absolute Gasteiger partial charge is 0.399 e. The normalized spacial score (nSPS) is 10.2. The minimum absolute atomic E-state index is 0.0114. The van der Waals surface area contributed by atoms with Crippen molar-refractivity contribution >= 4 is 5.69 Å². The highest BCUT2D eigenvalue weighted by molar-refractivity contribution is 5.66. The van der Waals surface area contributed by atoms with Crippen LogP contribution >= 0.6 is 0 Å². The van der Waals surface area contributed by atoms with Crippen LogP contribution in [0.25, 0.3) is 11.1 Å². The van der Waals surface area contributed by atoms with Gasteiger partial charge >= 0.3 is 0 Å². The van der Waals surface area contributed by atoms with Gasteiger partial charge in [-0.2, -0.15) is 0 Å². The van der Waals surface area contributed by atoms with Crippen LogP contribution < -0.4 is 11.3 Å². The maximum atomic E-state index is 11.2. The van der Waals surface area contributed by atoms with Gasteiger partial charge in [0, 0.05) is 25.0 Å². The van der Waals surface area contributed by atoms with E-state index in [1.807, 2.05) is 24.3 Å². The Morgan fingerprint density at radius 3 is 2.60 bits per heavy atom. The van der Waals surface area contributed by atoms with Crippen molar-refractivity contribution in [2.75, 3.05) is 5.73 Å². The Bertz CT molecular complexity index is 543.